The van der Waals surface area contributed by atoms with Crippen LogP contribution in [0.2, 0.25) is 5.02 Å². The molecule has 2 heterocycles. The molecule has 9 nitrogen and oxygen atoms in total. The monoisotopic (exact) mass is 428 g/mol. The molecule has 0 bridgehead atoms. The van der Waals surface area contributed by atoms with Crippen molar-refractivity contribution in [2.75, 3.05) is 16.6 Å². The molecule has 1 aliphatic rings. The number of halogens is 1. The number of aromatic nitrogens is 2. The van der Waals surface area contributed by atoms with Crippen molar-refractivity contribution < 1.29 is 19.0 Å². The first-order valence-corrected chi connectivity index (χ1v) is 10.6. The Labute approximate surface area is 168 Å². The summed E-state index contributed by atoms with van der Waals surface area (Å²) in [5, 5.41) is 13.2. The highest BCUT2D eigenvalue weighted by molar-refractivity contribution is 8.25. The summed E-state index contributed by atoms with van der Waals surface area (Å²) >= 11 is 5.91. The van der Waals surface area contributed by atoms with Gasteiger partial charge in [0.2, 0.25) is 11.7 Å². The zero-order valence-electron chi connectivity index (χ0n) is 15.1. The second kappa shape index (κ2) is 8.00. The summed E-state index contributed by atoms with van der Waals surface area (Å²) in [4.78, 5) is 29.0. The summed E-state index contributed by atoms with van der Waals surface area (Å²) in [6, 6.07) is 6.87. The number of nitrogens with one attached hydrogen (secondary N) is 1. The average Bonchev–Trinajstić information content (AvgIpc) is 2.65. The van der Waals surface area contributed by atoms with Gasteiger partial charge in [-0.25, -0.2) is 9.29 Å². The topological polar surface area (TPSA) is 128 Å². The van der Waals surface area contributed by atoms with E-state index in [2.05, 4.69) is 10.3 Å². The van der Waals surface area contributed by atoms with Crippen LogP contribution in [0.25, 0.3) is 0 Å². The van der Waals surface area contributed by atoms with E-state index < -0.39 is 33.7 Å². The van der Waals surface area contributed by atoms with Gasteiger partial charge in [0.05, 0.1) is 5.75 Å². The zero-order valence-corrected chi connectivity index (χ0v) is 16.7. The lowest BCUT2D eigenvalue weighted by molar-refractivity contribution is 0.0942. The first kappa shape index (κ1) is 20.5. The Balaban J connectivity index is 1.91. The Hall–Kier alpha value is -2.27. The van der Waals surface area contributed by atoms with Crippen LogP contribution in [-0.2, 0) is 13.6 Å². The lowest BCUT2D eigenvalue weighted by Gasteiger charge is -2.46. The van der Waals surface area contributed by atoms with E-state index >= 15 is 0 Å². The molecule has 28 heavy (non-hydrogen) atoms. The van der Waals surface area contributed by atoms with Gasteiger partial charge in [0.25, 0.3) is 11.5 Å². The van der Waals surface area contributed by atoms with Gasteiger partial charge in [-0.2, -0.15) is 0 Å². The summed E-state index contributed by atoms with van der Waals surface area (Å²) in [5.74, 6) is -1.48. The van der Waals surface area contributed by atoms with Crippen LogP contribution < -0.4 is 15.2 Å². The minimum Gasteiger partial charge on any atom is -0.501 e. The number of anilines is 1. The van der Waals surface area contributed by atoms with Gasteiger partial charge >= 0.3 is 0 Å². The summed E-state index contributed by atoms with van der Waals surface area (Å²) in [6.45, 7) is 0.390. The first-order valence-electron chi connectivity index (χ1n) is 8.57. The summed E-state index contributed by atoms with van der Waals surface area (Å²) in [7, 11) is -1.80. The standard InChI is InChI=1S/C17H21ClN4O5S/c1-21-16(25)14(23)13(15(24)19-10-11-5-4-6-12(18)9-11)20-17(21)22-7-2-3-8-28(22,26)27/h4-6,9,23,26-27H,2-3,7-8,10H2,1H3,(H,19,24). The second-order valence-corrected chi connectivity index (χ2v) is 8.98. The molecule has 1 amide bonds. The van der Waals surface area contributed by atoms with Gasteiger partial charge in [-0.05, 0) is 30.5 Å². The Bertz CT molecular complexity index is 965. The molecular weight excluding hydrogens is 408 g/mol. The highest BCUT2D eigenvalue weighted by Crippen LogP contribution is 2.48. The lowest BCUT2D eigenvalue weighted by Crippen LogP contribution is -2.39. The van der Waals surface area contributed by atoms with Crippen LogP contribution in [-0.4, -0.2) is 42.0 Å². The predicted molar refractivity (Wildman–Crippen MR) is 108 cm³/mol. The largest absolute Gasteiger partial charge is 0.501 e. The molecule has 3 rings (SSSR count). The van der Waals surface area contributed by atoms with E-state index in [-0.39, 0.29) is 24.8 Å². The third-order valence-corrected chi connectivity index (χ3v) is 6.53. The summed E-state index contributed by atoms with van der Waals surface area (Å²) < 4.78 is 22.9. The number of amides is 1. The fraction of sp³-hybridized carbons (Fsp3) is 0.353. The molecule has 11 heteroatoms. The van der Waals surface area contributed by atoms with Gasteiger partial charge < -0.3 is 10.4 Å². The van der Waals surface area contributed by atoms with E-state index in [1.807, 2.05) is 0 Å². The third kappa shape index (κ3) is 4.09. The zero-order chi connectivity index (χ0) is 20.5. The maximum absolute atomic E-state index is 12.5. The smallest absolute Gasteiger partial charge is 0.297 e. The second-order valence-electron chi connectivity index (χ2n) is 6.43. The molecular formula is C17H21ClN4O5S. The number of aromatic hydroxyl groups is 1. The van der Waals surface area contributed by atoms with Crippen LogP contribution in [0.1, 0.15) is 28.9 Å². The Kier molecular flexibility index (Phi) is 5.84. The van der Waals surface area contributed by atoms with Gasteiger partial charge in [-0.1, -0.05) is 23.7 Å². The van der Waals surface area contributed by atoms with Gasteiger partial charge in [0, 0.05) is 25.2 Å². The molecule has 1 saturated heterocycles. The van der Waals surface area contributed by atoms with Crippen LogP contribution >= 0.6 is 22.4 Å². The van der Waals surface area contributed by atoms with Gasteiger partial charge in [-0.15, -0.1) is 10.8 Å². The van der Waals surface area contributed by atoms with Crippen molar-refractivity contribution in [1.29, 1.82) is 0 Å². The van der Waals surface area contributed by atoms with Crippen molar-refractivity contribution in [2.45, 2.75) is 19.4 Å². The van der Waals surface area contributed by atoms with Crippen LogP contribution in [0.4, 0.5) is 5.95 Å². The Morgan fingerprint density at radius 2 is 2.11 bits per heavy atom. The van der Waals surface area contributed by atoms with Gasteiger partial charge in [0.15, 0.2) is 5.69 Å². The molecule has 4 N–H and O–H groups in total. The molecule has 0 unspecified atom stereocenters. The third-order valence-electron chi connectivity index (χ3n) is 4.41. The van der Waals surface area contributed by atoms with Gasteiger partial charge in [0.1, 0.15) is 0 Å². The summed E-state index contributed by atoms with van der Waals surface area (Å²) in [6.07, 6.45) is 1.32. The Morgan fingerprint density at radius 3 is 2.79 bits per heavy atom. The lowest BCUT2D eigenvalue weighted by atomic mass is 10.2. The minimum absolute atomic E-state index is 0.0737. The number of hydrogen-bond acceptors (Lipinski definition) is 7. The van der Waals surface area contributed by atoms with Crippen molar-refractivity contribution in [3.63, 3.8) is 0 Å². The van der Waals surface area contributed by atoms with E-state index in [9.17, 15) is 23.8 Å². The number of carbonyl (C=O) groups is 1. The van der Waals surface area contributed by atoms with Gasteiger partial charge in [-0.3, -0.25) is 23.3 Å². The Morgan fingerprint density at radius 1 is 1.36 bits per heavy atom. The number of hydrogen-bond donors (Lipinski definition) is 4. The van der Waals surface area contributed by atoms with Crippen molar-refractivity contribution in [3.8, 4) is 5.75 Å². The quantitative estimate of drug-likeness (QED) is 0.588. The molecule has 0 radical (unpaired) electrons. The van der Waals surface area contributed by atoms with Crippen molar-refractivity contribution in [1.82, 2.24) is 14.9 Å². The van der Waals surface area contributed by atoms with E-state index in [0.717, 1.165) is 10.1 Å². The maximum atomic E-state index is 12.5. The number of rotatable bonds is 4. The molecule has 152 valence electrons. The van der Waals surface area contributed by atoms with Crippen molar-refractivity contribution in [3.05, 3.63) is 50.9 Å². The fourth-order valence-corrected chi connectivity index (χ4v) is 4.78. The number of benzene rings is 1. The van der Waals surface area contributed by atoms with E-state index in [4.69, 9.17) is 11.6 Å². The average molecular weight is 429 g/mol. The summed E-state index contributed by atoms with van der Waals surface area (Å²) in [5.41, 5.74) is -0.589. The SMILES string of the molecule is Cn1c(N2CCCCS2(O)O)nc(C(=O)NCc2cccc(Cl)c2)c(O)c1=O. The number of nitrogens with zero attached hydrogens (tertiary/aromatic N) is 3. The van der Waals surface area contributed by atoms with Crippen LogP contribution in [0, 0.1) is 0 Å². The molecule has 0 saturated carbocycles. The van der Waals surface area contributed by atoms with Crippen molar-refractivity contribution >= 4 is 34.2 Å². The van der Waals surface area contributed by atoms with Crippen LogP contribution in [0.5, 0.6) is 5.75 Å². The van der Waals surface area contributed by atoms with E-state index in [1.54, 1.807) is 24.3 Å². The van der Waals surface area contributed by atoms with Crippen molar-refractivity contribution in [2.24, 2.45) is 7.05 Å². The van der Waals surface area contributed by atoms with Crippen LogP contribution in [0.3, 0.4) is 0 Å². The predicted octanol–water partition coefficient (Wildman–Crippen LogP) is 2.34. The molecule has 0 atom stereocenters. The van der Waals surface area contributed by atoms with E-state index in [1.165, 1.54) is 11.4 Å². The number of carbonyl (C=O) groups excluding carboxylic acids is 1. The molecule has 1 fully saturated rings. The minimum atomic E-state index is -3.15. The van der Waals surface area contributed by atoms with E-state index in [0.29, 0.717) is 17.9 Å². The molecule has 0 aliphatic carbocycles. The molecule has 2 aromatic rings. The highest BCUT2D eigenvalue weighted by atomic mass is 35.5. The normalized spacial score (nSPS) is 17.2. The molecule has 1 aromatic heterocycles. The highest BCUT2D eigenvalue weighted by Gasteiger charge is 2.31. The van der Waals surface area contributed by atoms with Crippen LogP contribution in [0.15, 0.2) is 29.1 Å². The maximum Gasteiger partial charge on any atom is 0.297 e. The molecule has 0 spiro atoms. The molecule has 1 aromatic carbocycles. The first-order chi connectivity index (χ1) is 13.2. The fourth-order valence-electron chi connectivity index (χ4n) is 2.91. The molecule has 1 aliphatic heterocycles.